The molecule has 0 aliphatic carbocycles. The maximum atomic E-state index is 5.80. The summed E-state index contributed by atoms with van der Waals surface area (Å²) in [4.78, 5) is 8.41. The molecule has 100 valence electrons. The second-order valence-corrected chi connectivity index (χ2v) is 5.92. The van der Waals surface area contributed by atoms with Crippen LogP contribution < -0.4 is 4.74 Å². The molecule has 0 spiro atoms. The smallest absolute Gasteiger partial charge is 0.321 e. The summed E-state index contributed by atoms with van der Waals surface area (Å²) in [6.07, 6.45) is 3.52. The predicted molar refractivity (Wildman–Crippen MR) is 79.9 cm³/mol. The van der Waals surface area contributed by atoms with E-state index in [1.165, 1.54) is 0 Å². The van der Waals surface area contributed by atoms with Gasteiger partial charge in [-0.05, 0) is 17.0 Å². The highest BCUT2D eigenvalue weighted by atomic mass is 79.9. The number of benzene rings is 1. The van der Waals surface area contributed by atoms with Crippen LogP contribution in [0.5, 0.6) is 11.8 Å². The zero-order chi connectivity index (χ0) is 13.9. The van der Waals surface area contributed by atoms with Crippen molar-refractivity contribution in [3.05, 3.63) is 47.8 Å². The number of para-hydroxylation sites is 1. The van der Waals surface area contributed by atoms with Crippen LogP contribution in [-0.4, -0.2) is 9.97 Å². The van der Waals surface area contributed by atoms with Crippen LogP contribution in [0.25, 0.3) is 0 Å². The van der Waals surface area contributed by atoms with Gasteiger partial charge in [-0.15, -0.1) is 0 Å². The molecule has 0 atom stereocenters. The topological polar surface area (TPSA) is 35.0 Å². The Hall–Kier alpha value is -1.42. The van der Waals surface area contributed by atoms with Gasteiger partial charge >= 0.3 is 6.01 Å². The molecule has 0 saturated heterocycles. The van der Waals surface area contributed by atoms with Gasteiger partial charge in [0, 0.05) is 23.3 Å². The largest absolute Gasteiger partial charge is 0.424 e. The summed E-state index contributed by atoms with van der Waals surface area (Å²) < 4.78 is 5.80. The van der Waals surface area contributed by atoms with E-state index in [0.29, 0.717) is 6.01 Å². The monoisotopic (exact) mass is 320 g/mol. The zero-order valence-corrected chi connectivity index (χ0v) is 12.9. The van der Waals surface area contributed by atoms with E-state index in [0.717, 1.165) is 22.2 Å². The van der Waals surface area contributed by atoms with E-state index in [4.69, 9.17) is 4.74 Å². The van der Waals surface area contributed by atoms with Gasteiger partial charge in [0.05, 0.1) is 0 Å². The van der Waals surface area contributed by atoms with Crippen LogP contribution in [0.15, 0.2) is 36.7 Å². The second kappa shape index (κ2) is 5.70. The van der Waals surface area contributed by atoms with Gasteiger partial charge in [0.2, 0.25) is 0 Å². The average Bonchev–Trinajstić information content (AvgIpc) is 2.39. The Balaban J connectivity index is 2.28. The molecule has 0 N–H and O–H groups in total. The van der Waals surface area contributed by atoms with Crippen LogP contribution in [0.4, 0.5) is 0 Å². The lowest BCUT2D eigenvalue weighted by molar-refractivity contribution is 0.422. The molecular weight excluding hydrogens is 304 g/mol. The van der Waals surface area contributed by atoms with Gasteiger partial charge in [0.25, 0.3) is 0 Å². The van der Waals surface area contributed by atoms with Crippen molar-refractivity contribution in [2.24, 2.45) is 0 Å². The summed E-state index contributed by atoms with van der Waals surface area (Å²) in [5.74, 6) is 0.807. The molecule has 1 aromatic carbocycles. The molecule has 0 fully saturated rings. The van der Waals surface area contributed by atoms with Crippen molar-refractivity contribution >= 4 is 15.9 Å². The Morgan fingerprint density at radius 3 is 2.32 bits per heavy atom. The summed E-state index contributed by atoms with van der Waals surface area (Å²) in [7, 11) is 0. The number of aromatic nitrogens is 2. The molecular formula is C15H17BrN2O. The third-order valence-corrected chi connectivity index (χ3v) is 3.38. The molecule has 0 bridgehead atoms. The minimum absolute atomic E-state index is 0.0202. The van der Waals surface area contributed by atoms with Crippen molar-refractivity contribution in [3.63, 3.8) is 0 Å². The molecule has 0 radical (unpaired) electrons. The standard InChI is InChI=1S/C15H17BrN2O/c1-15(2,3)12-6-4-5-7-13(12)19-14-17-9-11(8-16)10-18-14/h4-7,9-10H,8H2,1-3H3. The first-order chi connectivity index (χ1) is 9.00. The molecule has 1 heterocycles. The van der Waals surface area contributed by atoms with Crippen molar-refractivity contribution in [2.45, 2.75) is 31.5 Å². The van der Waals surface area contributed by atoms with Gasteiger partial charge in [-0.2, -0.15) is 0 Å². The lowest BCUT2D eigenvalue weighted by atomic mass is 9.86. The van der Waals surface area contributed by atoms with E-state index in [-0.39, 0.29) is 5.41 Å². The number of rotatable bonds is 3. The van der Waals surface area contributed by atoms with E-state index in [2.05, 4.69) is 52.7 Å². The minimum Gasteiger partial charge on any atom is -0.424 e. The lowest BCUT2D eigenvalue weighted by Crippen LogP contribution is -2.12. The molecule has 0 aliphatic rings. The number of hydrogen-bond acceptors (Lipinski definition) is 3. The van der Waals surface area contributed by atoms with E-state index in [9.17, 15) is 0 Å². The summed E-state index contributed by atoms with van der Waals surface area (Å²) in [5, 5.41) is 0.742. The molecule has 3 nitrogen and oxygen atoms in total. The quantitative estimate of drug-likeness (QED) is 0.783. The van der Waals surface area contributed by atoms with Crippen molar-refractivity contribution in [1.82, 2.24) is 9.97 Å². The van der Waals surface area contributed by atoms with Gasteiger partial charge < -0.3 is 4.74 Å². The van der Waals surface area contributed by atoms with E-state index in [1.807, 2.05) is 18.2 Å². The van der Waals surface area contributed by atoms with E-state index >= 15 is 0 Å². The highest BCUT2D eigenvalue weighted by molar-refractivity contribution is 9.08. The fraction of sp³-hybridized carbons (Fsp3) is 0.333. The first kappa shape index (κ1) is 14.0. The molecule has 0 aliphatic heterocycles. The van der Waals surface area contributed by atoms with Gasteiger partial charge in [0.15, 0.2) is 0 Å². The predicted octanol–water partition coefficient (Wildman–Crippen LogP) is 4.46. The SMILES string of the molecule is CC(C)(C)c1ccccc1Oc1ncc(CBr)cn1. The molecule has 0 amide bonds. The highest BCUT2D eigenvalue weighted by Gasteiger charge is 2.19. The van der Waals surface area contributed by atoms with Crippen molar-refractivity contribution in [3.8, 4) is 11.8 Å². The number of alkyl halides is 1. The molecule has 4 heteroatoms. The summed E-state index contributed by atoms with van der Waals surface area (Å²) in [6.45, 7) is 6.47. The molecule has 2 rings (SSSR count). The van der Waals surface area contributed by atoms with Gasteiger partial charge in [-0.25, -0.2) is 9.97 Å². The molecule has 2 aromatic rings. The Kier molecular flexibility index (Phi) is 4.20. The summed E-state index contributed by atoms with van der Waals surface area (Å²) in [5.41, 5.74) is 2.19. The maximum Gasteiger partial charge on any atom is 0.321 e. The fourth-order valence-electron chi connectivity index (χ4n) is 1.74. The van der Waals surface area contributed by atoms with Crippen molar-refractivity contribution < 1.29 is 4.74 Å². The van der Waals surface area contributed by atoms with Crippen LogP contribution in [0, 0.1) is 0 Å². The summed E-state index contributed by atoms with van der Waals surface area (Å²) >= 11 is 3.37. The molecule has 19 heavy (non-hydrogen) atoms. The third-order valence-electron chi connectivity index (χ3n) is 2.73. The lowest BCUT2D eigenvalue weighted by Gasteiger charge is -2.21. The van der Waals surface area contributed by atoms with Crippen LogP contribution >= 0.6 is 15.9 Å². The Morgan fingerprint density at radius 2 is 1.74 bits per heavy atom. The van der Waals surface area contributed by atoms with Crippen LogP contribution in [0.3, 0.4) is 0 Å². The van der Waals surface area contributed by atoms with Gasteiger partial charge in [-0.3, -0.25) is 0 Å². The first-order valence-electron chi connectivity index (χ1n) is 6.15. The Morgan fingerprint density at radius 1 is 1.11 bits per heavy atom. The van der Waals surface area contributed by atoms with Crippen LogP contribution in [-0.2, 0) is 10.7 Å². The summed E-state index contributed by atoms with van der Waals surface area (Å²) in [6, 6.07) is 8.37. The fourth-order valence-corrected chi connectivity index (χ4v) is 2.03. The second-order valence-electron chi connectivity index (χ2n) is 5.36. The Labute approximate surface area is 122 Å². The van der Waals surface area contributed by atoms with E-state index in [1.54, 1.807) is 12.4 Å². The highest BCUT2D eigenvalue weighted by Crippen LogP contribution is 2.32. The van der Waals surface area contributed by atoms with Crippen molar-refractivity contribution in [1.29, 1.82) is 0 Å². The van der Waals surface area contributed by atoms with Crippen LogP contribution in [0.1, 0.15) is 31.9 Å². The first-order valence-corrected chi connectivity index (χ1v) is 7.27. The third kappa shape index (κ3) is 3.53. The average molecular weight is 321 g/mol. The normalized spacial score (nSPS) is 11.4. The molecule has 0 unspecified atom stereocenters. The zero-order valence-electron chi connectivity index (χ0n) is 11.4. The molecule has 1 aromatic heterocycles. The number of hydrogen-bond donors (Lipinski definition) is 0. The number of nitrogens with zero attached hydrogens (tertiary/aromatic N) is 2. The van der Waals surface area contributed by atoms with Crippen LogP contribution in [0.2, 0.25) is 0 Å². The Bertz CT molecular complexity index is 547. The molecule has 0 saturated carbocycles. The maximum absolute atomic E-state index is 5.80. The number of halogens is 1. The number of ether oxygens (including phenoxy) is 1. The van der Waals surface area contributed by atoms with Gasteiger partial charge in [0.1, 0.15) is 5.75 Å². The van der Waals surface area contributed by atoms with Crippen molar-refractivity contribution in [2.75, 3.05) is 0 Å². The van der Waals surface area contributed by atoms with E-state index < -0.39 is 0 Å². The van der Waals surface area contributed by atoms with Gasteiger partial charge in [-0.1, -0.05) is 54.9 Å². The minimum atomic E-state index is 0.0202.